The van der Waals surface area contributed by atoms with Crippen molar-refractivity contribution < 1.29 is 14.4 Å². The van der Waals surface area contributed by atoms with Crippen molar-refractivity contribution in [2.45, 2.75) is 5.78 Å². The Morgan fingerprint density at radius 2 is 2.00 bits per heavy atom. The highest BCUT2D eigenvalue weighted by Gasteiger charge is 2.31. The average molecular weight is 236 g/mol. The monoisotopic (exact) mass is 235 g/mol. The van der Waals surface area contributed by atoms with E-state index in [0.717, 1.165) is 0 Å². The highest BCUT2D eigenvalue weighted by atomic mass is 35.5. The molecule has 0 rings (SSSR count). The fourth-order valence-corrected chi connectivity index (χ4v) is 2.60. The van der Waals surface area contributed by atoms with Gasteiger partial charge < -0.3 is 9.79 Å². The third-order valence-electron chi connectivity index (χ3n) is 1.47. The Hall–Kier alpha value is 0.690. The van der Waals surface area contributed by atoms with Gasteiger partial charge in [0.15, 0.2) is 0 Å². The Kier molecular flexibility index (Phi) is 5.74. The second-order valence-electron chi connectivity index (χ2n) is 2.39. The summed E-state index contributed by atoms with van der Waals surface area (Å²) in [6.07, 6.45) is 0. The molecule has 0 aliphatic heterocycles. The van der Waals surface area contributed by atoms with Crippen molar-refractivity contribution in [1.82, 2.24) is 4.90 Å². The van der Waals surface area contributed by atoms with Gasteiger partial charge in [-0.1, -0.05) is 0 Å². The van der Waals surface area contributed by atoms with E-state index >= 15 is 0 Å². The summed E-state index contributed by atoms with van der Waals surface area (Å²) in [6.45, 7) is 0.407. The van der Waals surface area contributed by atoms with Crippen LogP contribution in [0.3, 0.4) is 0 Å². The van der Waals surface area contributed by atoms with Crippen molar-refractivity contribution in [3.63, 3.8) is 0 Å². The summed E-state index contributed by atoms with van der Waals surface area (Å²) in [5.74, 6) is -0.709. The first-order valence-corrected chi connectivity index (χ1v) is 6.06. The molecule has 0 heterocycles. The molecule has 1 unspecified atom stereocenters. The van der Waals surface area contributed by atoms with Crippen molar-refractivity contribution in [2.75, 3.05) is 25.4 Å². The molecule has 0 aliphatic rings. The van der Waals surface area contributed by atoms with E-state index < -0.39 is 13.4 Å². The molecule has 0 aromatic rings. The molecule has 0 bridgehead atoms. The summed E-state index contributed by atoms with van der Waals surface area (Å²) < 4.78 is 10.8. The van der Waals surface area contributed by atoms with Gasteiger partial charge in [0, 0.05) is 18.3 Å². The zero-order valence-electron chi connectivity index (χ0n) is 6.65. The molecule has 74 valence electrons. The third kappa shape index (κ3) is 4.08. The molecule has 2 N–H and O–H groups in total. The lowest BCUT2D eigenvalue weighted by molar-refractivity contribution is 0.273. The van der Waals surface area contributed by atoms with Crippen LogP contribution < -0.4 is 0 Å². The van der Waals surface area contributed by atoms with Gasteiger partial charge in [0.1, 0.15) is 5.78 Å². The SMILES string of the molecule is CN(CCCl)C(CCl)P(=O)(O)O. The highest BCUT2D eigenvalue weighted by Crippen LogP contribution is 2.42. The molecule has 12 heavy (non-hydrogen) atoms. The Bertz CT molecular complexity index is 174. The van der Waals surface area contributed by atoms with E-state index in [4.69, 9.17) is 33.0 Å². The molecule has 7 heteroatoms. The van der Waals surface area contributed by atoms with Crippen LogP contribution in [0.4, 0.5) is 0 Å². The largest absolute Gasteiger partial charge is 0.343 e. The predicted octanol–water partition coefficient (Wildman–Crippen LogP) is 0.900. The molecule has 0 saturated heterocycles. The van der Waals surface area contributed by atoms with Crippen LogP contribution in [-0.2, 0) is 4.57 Å². The first-order valence-electron chi connectivity index (χ1n) is 3.31. The van der Waals surface area contributed by atoms with Crippen LogP contribution in [0.1, 0.15) is 0 Å². The molecule has 0 saturated carbocycles. The Labute approximate surface area is 81.6 Å². The van der Waals surface area contributed by atoms with E-state index in [1.807, 2.05) is 0 Å². The standard InChI is InChI=1S/C5H12Cl2NO3P/c1-8(3-2-6)5(4-7)12(9,10)11/h5H,2-4H2,1H3,(H2,9,10,11). The number of halogens is 2. The van der Waals surface area contributed by atoms with Crippen LogP contribution in [0, 0.1) is 0 Å². The van der Waals surface area contributed by atoms with Gasteiger partial charge >= 0.3 is 7.60 Å². The van der Waals surface area contributed by atoms with E-state index in [2.05, 4.69) is 0 Å². The maximum Gasteiger partial charge on any atom is 0.343 e. The van der Waals surface area contributed by atoms with Crippen LogP contribution in [-0.4, -0.2) is 45.8 Å². The fourth-order valence-electron chi connectivity index (χ4n) is 0.747. The molecule has 0 aromatic heterocycles. The summed E-state index contributed by atoms with van der Waals surface area (Å²) in [4.78, 5) is 19.1. The topological polar surface area (TPSA) is 60.8 Å². The zero-order valence-corrected chi connectivity index (χ0v) is 9.06. The molecule has 4 nitrogen and oxygen atoms in total. The third-order valence-corrected chi connectivity index (χ3v) is 3.50. The minimum Gasteiger partial charge on any atom is -0.323 e. The van der Waals surface area contributed by atoms with Gasteiger partial charge in [0.2, 0.25) is 0 Å². The van der Waals surface area contributed by atoms with Crippen LogP contribution in [0.5, 0.6) is 0 Å². The minimum atomic E-state index is -4.13. The summed E-state index contributed by atoms with van der Waals surface area (Å²) in [6, 6.07) is 0. The molecular formula is C5H12Cl2NO3P. The Morgan fingerprint density at radius 1 is 1.50 bits per heavy atom. The van der Waals surface area contributed by atoms with Gasteiger partial charge in [-0.2, -0.15) is 0 Å². The summed E-state index contributed by atoms with van der Waals surface area (Å²) >= 11 is 10.8. The van der Waals surface area contributed by atoms with Crippen molar-refractivity contribution in [2.24, 2.45) is 0 Å². The van der Waals surface area contributed by atoms with Crippen molar-refractivity contribution >= 4 is 30.8 Å². The average Bonchev–Trinajstić information content (AvgIpc) is 1.85. The van der Waals surface area contributed by atoms with Gasteiger partial charge in [0.25, 0.3) is 0 Å². The summed E-state index contributed by atoms with van der Waals surface area (Å²) in [7, 11) is -2.55. The number of hydrogen-bond donors (Lipinski definition) is 2. The van der Waals surface area contributed by atoms with Gasteiger partial charge in [0.05, 0.1) is 0 Å². The van der Waals surface area contributed by atoms with Gasteiger partial charge in [-0.25, -0.2) is 0 Å². The quantitative estimate of drug-likeness (QED) is 0.550. The minimum absolute atomic E-state index is 0.0995. The second kappa shape index (κ2) is 5.43. The van der Waals surface area contributed by atoms with Crippen LogP contribution in [0.2, 0.25) is 0 Å². The molecule has 0 aliphatic carbocycles. The summed E-state index contributed by atoms with van der Waals surface area (Å²) in [5, 5.41) is 0. The van der Waals surface area contributed by atoms with E-state index in [-0.39, 0.29) is 5.88 Å². The normalized spacial score (nSPS) is 15.2. The number of hydrogen-bond acceptors (Lipinski definition) is 2. The van der Waals surface area contributed by atoms with Crippen molar-refractivity contribution in [1.29, 1.82) is 0 Å². The van der Waals surface area contributed by atoms with Gasteiger partial charge in [-0.3, -0.25) is 9.46 Å². The lowest BCUT2D eigenvalue weighted by Crippen LogP contribution is -2.34. The van der Waals surface area contributed by atoms with E-state index in [1.165, 1.54) is 4.90 Å². The first-order chi connectivity index (χ1) is 5.43. The predicted molar refractivity (Wildman–Crippen MR) is 49.9 cm³/mol. The first kappa shape index (κ1) is 12.7. The zero-order chi connectivity index (χ0) is 9.78. The molecule has 0 radical (unpaired) electrons. The van der Waals surface area contributed by atoms with Gasteiger partial charge in [-0.15, -0.1) is 23.2 Å². The smallest absolute Gasteiger partial charge is 0.323 e. The highest BCUT2D eigenvalue weighted by molar-refractivity contribution is 7.52. The molecule has 0 spiro atoms. The number of rotatable bonds is 5. The molecule has 0 aromatic carbocycles. The second-order valence-corrected chi connectivity index (χ2v) is 4.85. The van der Waals surface area contributed by atoms with Crippen molar-refractivity contribution in [3.05, 3.63) is 0 Å². The summed E-state index contributed by atoms with van der Waals surface area (Å²) in [5.41, 5.74) is 0. The number of alkyl halides is 2. The van der Waals surface area contributed by atoms with Crippen molar-refractivity contribution in [3.8, 4) is 0 Å². The van der Waals surface area contributed by atoms with Crippen LogP contribution in [0.25, 0.3) is 0 Å². The lowest BCUT2D eigenvalue weighted by atomic mass is 10.6. The van der Waals surface area contributed by atoms with Gasteiger partial charge in [-0.05, 0) is 7.05 Å². The molecule has 0 amide bonds. The van der Waals surface area contributed by atoms with E-state index in [1.54, 1.807) is 7.05 Å². The molecule has 1 atom stereocenters. The maximum atomic E-state index is 10.8. The molecule has 0 fully saturated rings. The fraction of sp³-hybridized carbons (Fsp3) is 1.00. The van der Waals surface area contributed by atoms with Crippen LogP contribution in [0.15, 0.2) is 0 Å². The Balaban J connectivity index is 4.25. The Morgan fingerprint density at radius 3 is 2.25 bits per heavy atom. The van der Waals surface area contributed by atoms with Crippen LogP contribution >= 0.6 is 30.8 Å². The maximum absolute atomic E-state index is 10.8. The lowest BCUT2D eigenvalue weighted by Gasteiger charge is -2.25. The molecular weight excluding hydrogens is 224 g/mol. The van der Waals surface area contributed by atoms with E-state index in [0.29, 0.717) is 12.4 Å². The van der Waals surface area contributed by atoms with E-state index in [9.17, 15) is 4.57 Å². The number of nitrogens with zero attached hydrogens (tertiary/aromatic N) is 1.